The van der Waals surface area contributed by atoms with Gasteiger partial charge in [0.25, 0.3) is 0 Å². The Bertz CT molecular complexity index is 1710. The van der Waals surface area contributed by atoms with E-state index >= 15 is 0 Å². The fraction of sp³-hybridized carbons (Fsp3) is 0.481. The molecule has 6 rings (SSSR count). The molecule has 1 aliphatic heterocycles. The van der Waals surface area contributed by atoms with Crippen LogP contribution in [0.2, 0.25) is 0 Å². The van der Waals surface area contributed by atoms with Gasteiger partial charge in [-0.2, -0.15) is 4.31 Å². The fourth-order valence-corrected chi connectivity index (χ4v) is 9.34. The molecule has 1 aliphatic carbocycles. The summed E-state index contributed by atoms with van der Waals surface area (Å²) in [6, 6.07) is 10.3. The first-order valence-electron chi connectivity index (χ1n) is 13.5. The number of fused-ring (bicyclic) bond motifs is 3. The van der Waals surface area contributed by atoms with E-state index in [-0.39, 0.29) is 27.6 Å². The lowest BCUT2D eigenvalue weighted by Crippen LogP contribution is -2.48. The minimum atomic E-state index is -3.89. The molecule has 4 aromatic rings. The summed E-state index contributed by atoms with van der Waals surface area (Å²) in [6.45, 7) is 4.56. The maximum atomic E-state index is 13.6. The van der Waals surface area contributed by atoms with Gasteiger partial charge in [0.1, 0.15) is 17.0 Å². The van der Waals surface area contributed by atoms with E-state index in [0.29, 0.717) is 24.3 Å². The van der Waals surface area contributed by atoms with Gasteiger partial charge >= 0.3 is 0 Å². The molecule has 2 fully saturated rings. The Morgan fingerprint density at radius 3 is 2.31 bits per heavy atom. The third kappa shape index (κ3) is 4.77. The Labute approximate surface area is 229 Å². The molecule has 0 bridgehead atoms. The van der Waals surface area contributed by atoms with E-state index in [0.717, 1.165) is 55.5 Å². The molecule has 0 radical (unpaired) electrons. The van der Waals surface area contributed by atoms with E-state index in [1.165, 1.54) is 0 Å². The number of hydrogen-bond acceptors (Lipinski definition) is 7. The van der Waals surface area contributed by atoms with Crippen molar-refractivity contribution in [2.75, 3.05) is 39.0 Å². The molecule has 1 aromatic carbocycles. The number of aryl methyl sites for hydroxylation is 1. The number of sulfonamides is 1. The quantitative estimate of drug-likeness (QED) is 0.377. The van der Waals surface area contributed by atoms with Gasteiger partial charge in [-0.05, 0) is 63.8 Å². The first-order chi connectivity index (χ1) is 18.6. The number of likely N-dealkylation sites (N-methyl/N-ethyl adjacent to an activating group) is 1. The average Bonchev–Trinajstić information content (AvgIpc) is 3.53. The van der Waals surface area contributed by atoms with Crippen LogP contribution < -0.4 is 0 Å². The van der Waals surface area contributed by atoms with Crippen LogP contribution in [0.15, 0.2) is 52.5 Å². The summed E-state index contributed by atoms with van der Waals surface area (Å²) in [5, 5.41) is 0.782. The number of nitrogens with zero attached hydrogens (tertiary/aromatic N) is 5. The molecule has 0 atom stereocenters. The van der Waals surface area contributed by atoms with Gasteiger partial charge in [-0.15, -0.1) is 0 Å². The van der Waals surface area contributed by atoms with Gasteiger partial charge in [0.2, 0.25) is 19.9 Å². The summed E-state index contributed by atoms with van der Waals surface area (Å²) in [5.74, 6) is 1.04. The van der Waals surface area contributed by atoms with E-state index in [9.17, 15) is 16.8 Å². The topological polar surface area (TPSA) is 121 Å². The number of sulfone groups is 1. The highest BCUT2D eigenvalue weighted by Crippen LogP contribution is 2.39. The molecule has 3 aromatic heterocycles. The first kappa shape index (κ1) is 26.4. The van der Waals surface area contributed by atoms with Crippen molar-refractivity contribution in [3.8, 4) is 0 Å². The first-order valence-corrected chi connectivity index (χ1v) is 16.6. The summed E-state index contributed by atoms with van der Waals surface area (Å²) in [5.41, 5.74) is 1.65. The molecule has 10 nitrogen and oxygen atoms in total. The smallest absolute Gasteiger partial charge is 0.226 e. The number of imidazole rings is 1. The Morgan fingerprint density at radius 2 is 1.62 bits per heavy atom. The SMILES string of the molecule is Cc1nc2c(S(=O)(=O)c3ccccc3)nc3[nH]ccc3c2n1C1CCC(CS(=O)(=O)N2CCN(C)CC2)CC1. The summed E-state index contributed by atoms with van der Waals surface area (Å²) in [4.78, 5) is 14.7. The molecule has 0 spiro atoms. The third-order valence-corrected chi connectivity index (χ3v) is 12.0. The van der Waals surface area contributed by atoms with Gasteiger partial charge in [-0.3, -0.25) is 0 Å². The third-order valence-electron chi connectivity index (χ3n) is 8.28. The normalized spacial score (nSPS) is 22.1. The van der Waals surface area contributed by atoms with Gasteiger partial charge < -0.3 is 14.5 Å². The van der Waals surface area contributed by atoms with Crippen LogP contribution in [0.1, 0.15) is 37.5 Å². The van der Waals surface area contributed by atoms with Crippen LogP contribution in [0, 0.1) is 12.8 Å². The second-order valence-electron chi connectivity index (χ2n) is 10.9. The highest BCUT2D eigenvalue weighted by Gasteiger charge is 2.34. The number of aromatic amines is 1. The molecule has 208 valence electrons. The minimum absolute atomic E-state index is 0.0487. The lowest BCUT2D eigenvalue weighted by molar-refractivity contribution is 0.220. The number of benzene rings is 1. The molecular weight excluding hydrogens is 536 g/mol. The lowest BCUT2D eigenvalue weighted by atomic mass is 9.87. The van der Waals surface area contributed by atoms with Crippen molar-refractivity contribution < 1.29 is 16.8 Å². The molecule has 0 unspecified atom stereocenters. The van der Waals surface area contributed by atoms with Crippen molar-refractivity contribution in [1.82, 2.24) is 28.7 Å². The Morgan fingerprint density at radius 1 is 0.923 bits per heavy atom. The molecule has 12 heteroatoms. The summed E-state index contributed by atoms with van der Waals surface area (Å²) >= 11 is 0. The van der Waals surface area contributed by atoms with Crippen LogP contribution >= 0.6 is 0 Å². The number of hydrogen-bond donors (Lipinski definition) is 1. The number of pyridine rings is 1. The Hall–Kier alpha value is -2.80. The Balaban J connectivity index is 1.30. The maximum Gasteiger partial charge on any atom is 0.226 e. The lowest BCUT2D eigenvalue weighted by Gasteiger charge is -2.34. The van der Waals surface area contributed by atoms with E-state index in [4.69, 9.17) is 4.98 Å². The van der Waals surface area contributed by atoms with Crippen molar-refractivity contribution in [1.29, 1.82) is 0 Å². The average molecular weight is 571 g/mol. The maximum absolute atomic E-state index is 13.6. The number of piperazine rings is 1. The molecular formula is C27H34N6O4S2. The Kier molecular flexibility index (Phi) is 6.77. The predicted octanol–water partition coefficient (Wildman–Crippen LogP) is 3.36. The van der Waals surface area contributed by atoms with Gasteiger partial charge in [-0.1, -0.05) is 18.2 Å². The standard InChI is InChI=1S/C27H34N6O4S2/c1-19-29-24-25(23-12-13-28-26(23)30-27(24)39(36,37)22-6-4-3-5-7-22)33(19)21-10-8-20(9-11-21)18-38(34,35)32-16-14-31(2)15-17-32/h3-7,12-13,20-21H,8-11,14-18H2,1-2H3,(H,28,30). The predicted molar refractivity (Wildman–Crippen MR) is 150 cm³/mol. The summed E-state index contributed by atoms with van der Waals surface area (Å²) in [7, 11) is -5.16. The second kappa shape index (κ2) is 9.99. The van der Waals surface area contributed by atoms with Crippen LogP contribution in [0.5, 0.6) is 0 Å². The molecule has 4 heterocycles. The van der Waals surface area contributed by atoms with Crippen molar-refractivity contribution >= 4 is 41.9 Å². The zero-order chi connectivity index (χ0) is 27.4. The number of H-pyrrole nitrogens is 1. The molecule has 39 heavy (non-hydrogen) atoms. The van der Waals surface area contributed by atoms with Crippen molar-refractivity contribution in [2.24, 2.45) is 5.92 Å². The van der Waals surface area contributed by atoms with E-state index in [1.54, 1.807) is 40.8 Å². The zero-order valence-electron chi connectivity index (χ0n) is 22.2. The van der Waals surface area contributed by atoms with E-state index in [1.807, 2.05) is 20.0 Å². The molecule has 2 aliphatic rings. The summed E-state index contributed by atoms with van der Waals surface area (Å²) < 4.78 is 57.3. The largest absolute Gasteiger partial charge is 0.346 e. The van der Waals surface area contributed by atoms with Crippen LogP contribution in [0.4, 0.5) is 0 Å². The highest BCUT2D eigenvalue weighted by atomic mass is 32.2. The fourth-order valence-electron chi connectivity index (χ4n) is 6.13. The van der Waals surface area contributed by atoms with Crippen molar-refractivity contribution in [3.05, 3.63) is 48.4 Å². The van der Waals surface area contributed by atoms with Crippen molar-refractivity contribution in [2.45, 2.75) is 48.6 Å². The van der Waals surface area contributed by atoms with Crippen LogP contribution in [0.3, 0.4) is 0 Å². The second-order valence-corrected chi connectivity index (χ2v) is 14.7. The minimum Gasteiger partial charge on any atom is -0.346 e. The van der Waals surface area contributed by atoms with E-state index in [2.05, 4.69) is 19.4 Å². The van der Waals surface area contributed by atoms with Crippen molar-refractivity contribution in [3.63, 3.8) is 0 Å². The van der Waals surface area contributed by atoms with Gasteiger partial charge in [0, 0.05) is 43.8 Å². The number of rotatable bonds is 6. The van der Waals surface area contributed by atoms with Crippen LogP contribution in [0.25, 0.3) is 22.1 Å². The van der Waals surface area contributed by atoms with Gasteiger partial charge in [0.15, 0.2) is 5.03 Å². The molecule has 0 amide bonds. The van der Waals surface area contributed by atoms with Crippen LogP contribution in [-0.2, 0) is 19.9 Å². The zero-order valence-corrected chi connectivity index (χ0v) is 23.9. The molecule has 1 N–H and O–H groups in total. The summed E-state index contributed by atoms with van der Waals surface area (Å²) in [6.07, 6.45) is 4.98. The molecule has 1 saturated carbocycles. The number of aromatic nitrogens is 4. The van der Waals surface area contributed by atoms with Crippen LogP contribution in [-0.4, -0.2) is 84.5 Å². The highest BCUT2D eigenvalue weighted by molar-refractivity contribution is 7.91. The van der Waals surface area contributed by atoms with E-state index < -0.39 is 19.9 Å². The van der Waals surface area contributed by atoms with Gasteiger partial charge in [0.05, 0.1) is 16.2 Å². The number of nitrogens with one attached hydrogen (secondary N) is 1. The van der Waals surface area contributed by atoms with Gasteiger partial charge in [-0.25, -0.2) is 26.8 Å². The monoisotopic (exact) mass is 570 g/mol. The molecule has 1 saturated heterocycles.